The second kappa shape index (κ2) is 5.46. The van der Waals surface area contributed by atoms with Gasteiger partial charge < -0.3 is 10.3 Å². The number of rotatable bonds is 4. The van der Waals surface area contributed by atoms with Gasteiger partial charge in [0.15, 0.2) is 0 Å². The van der Waals surface area contributed by atoms with Crippen molar-refractivity contribution in [3.63, 3.8) is 0 Å². The molecule has 4 nitrogen and oxygen atoms in total. The van der Waals surface area contributed by atoms with Crippen molar-refractivity contribution in [1.82, 2.24) is 10.1 Å². The molecule has 2 N–H and O–H groups in total. The van der Waals surface area contributed by atoms with Gasteiger partial charge in [-0.3, -0.25) is 0 Å². The number of anilines is 1. The summed E-state index contributed by atoms with van der Waals surface area (Å²) in [6.45, 7) is 2.05. The summed E-state index contributed by atoms with van der Waals surface area (Å²) < 4.78 is 5.31. The summed E-state index contributed by atoms with van der Waals surface area (Å²) in [6, 6.07) is 7.85. The van der Waals surface area contributed by atoms with E-state index in [1.165, 1.54) is 5.56 Å². The highest BCUT2D eigenvalue weighted by Gasteiger charge is 2.11. The van der Waals surface area contributed by atoms with Crippen molar-refractivity contribution in [3.05, 3.63) is 52.0 Å². The quantitative estimate of drug-likeness (QED) is 0.745. The number of hydrogen-bond donors (Lipinski definition) is 1. The standard InChI is InChI=1S/C15H15N3OS/c1-10-8-20-9-12(10)15-17-14(19-18-15)7-6-11-4-2-3-5-13(11)16/h2-5,8-9H,6-7,16H2,1H3. The first-order valence-electron chi connectivity index (χ1n) is 6.43. The van der Waals surface area contributed by atoms with Crippen LogP contribution in [0, 0.1) is 6.92 Å². The average Bonchev–Trinajstić information content (AvgIpc) is 3.06. The first-order chi connectivity index (χ1) is 9.74. The van der Waals surface area contributed by atoms with Gasteiger partial charge in [0, 0.05) is 23.1 Å². The highest BCUT2D eigenvalue weighted by Crippen LogP contribution is 2.24. The van der Waals surface area contributed by atoms with Crippen LogP contribution in [0.3, 0.4) is 0 Å². The van der Waals surface area contributed by atoms with Crippen LogP contribution in [0.1, 0.15) is 17.0 Å². The molecular weight excluding hydrogens is 270 g/mol. The molecule has 0 bridgehead atoms. The van der Waals surface area contributed by atoms with E-state index in [9.17, 15) is 0 Å². The lowest BCUT2D eigenvalue weighted by Crippen LogP contribution is -1.97. The summed E-state index contributed by atoms with van der Waals surface area (Å²) in [5.41, 5.74) is 10.1. The lowest BCUT2D eigenvalue weighted by atomic mass is 10.1. The molecule has 0 atom stereocenters. The molecule has 0 aliphatic heterocycles. The number of benzene rings is 1. The predicted octanol–water partition coefficient (Wildman–Crippen LogP) is 3.47. The summed E-state index contributed by atoms with van der Waals surface area (Å²) in [7, 11) is 0. The Labute approximate surface area is 121 Å². The molecule has 2 aromatic heterocycles. The molecule has 3 rings (SSSR count). The maximum atomic E-state index is 5.92. The Hall–Kier alpha value is -2.14. The third kappa shape index (κ3) is 2.58. The Morgan fingerprint density at radius 2 is 2.05 bits per heavy atom. The molecule has 0 fully saturated rings. The molecule has 0 saturated carbocycles. The lowest BCUT2D eigenvalue weighted by Gasteiger charge is -2.02. The molecule has 2 heterocycles. The van der Waals surface area contributed by atoms with Gasteiger partial charge >= 0.3 is 0 Å². The minimum absolute atomic E-state index is 0.647. The fourth-order valence-corrected chi connectivity index (χ4v) is 2.89. The molecule has 20 heavy (non-hydrogen) atoms. The number of nitrogens with two attached hydrogens (primary N) is 1. The Kier molecular flexibility index (Phi) is 3.52. The minimum Gasteiger partial charge on any atom is -0.399 e. The number of nitrogen functional groups attached to an aromatic ring is 1. The van der Waals surface area contributed by atoms with Crippen molar-refractivity contribution in [1.29, 1.82) is 0 Å². The van der Waals surface area contributed by atoms with Gasteiger partial charge in [-0.05, 0) is 35.9 Å². The topological polar surface area (TPSA) is 64.9 Å². The highest BCUT2D eigenvalue weighted by atomic mass is 32.1. The zero-order chi connectivity index (χ0) is 13.9. The minimum atomic E-state index is 0.647. The van der Waals surface area contributed by atoms with E-state index in [2.05, 4.69) is 15.5 Å². The Morgan fingerprint density at radius 3 is 2.80 bits per heavy atom. The van der Waals surface area contributed by atoms with Crippen molar-refractivity contribution >= 4 is 17.0 Å². The number of hydrogen-bond acceptors (Lipinski definition) is 5. The second-order valence-corrected chi connectivity index (χ2v) is 5.42. The third-order valence-corrected chi connectivity index (χ3v) is 4.09. The molecule has 102 valence electrons. The fourth-order valence-electron chi connectivity index (χ4n) is 2.06. The normalized spacial score (nSPS) is 10.8. The van der Waals surface area contributed by atoms with Crippen molar-refractivity contribution in [2.45, 2.75) is 19.8 Å². The van der Waals surface area contributed by atoms with Gasteiger partial charge in [-0.25, -0.2) is 0 Å². The van der Waals surface area contributed by atoms with Gasteiger partial charge in [-0.15, -0.1) is 0 Å². The monoisotopic (exact) mass is 285 g/mol. The zero-order valence-corrected chi connectivity index (χ0v) is 12.0. The van der Waals surface area contributed by atoms with Gasteiger partial charge in [0.05, 0.1) is 0 Å². The van der Waals surface area contributed by atoms with Crippen LogP contribution in [0.4, 0.5) is 5.69 Å². The summed E-state index contributed by atoms with van der Waals surface area (Å²) in [4.78, 5) is 4.45. The van der Waals surface area contributed by atoms with Crippen LogP contribution < -0.4 is 5.73 Å². The third-order valence-electron chi connectivity index (χ3n) is 3.23. The second-order valence-electron chi connectivity index (χ2n) is 4.68. The molecule has 1 aromatic carbocycles. The Balaban J connectivity index is 1.72. The number of para-hydroxylation sites is 1. The summed E-state index contributed by atoms with van der Waals surface area (Å²) >= 11 is 1.64. The molecule has 0 radical (unpaired) electrons. The summed E-state index contributed by atoms with van der Waals surface area (Å²) in [5, 5.41) is 8.16. The predicted molar refractivity (Wildman–Crippen MR) is 80.6 cm³/mol. The maximum Gasteiger partial charge on any atom is 0.227 e. The number of thiophene rings is 1. The molecular formula is C15H15N3OS. The van der Waals surface area contributed by atoms with Crippen molar-refractivity contribution in [3.8, 4) is 11.4 Å². The van der Waals surface area contributed by atoms with E-state index in [4.69, 9.17) is 10.3 Å². The molecule has 0 amide bonds. The largest absolute Gasteiger partial charge is 0.399 e. The van der Waals surface area contributed by atoms with Crippen LogP contribution in [0.2, 0.25) is 0 Å². The zero-order valence-electron chi connectivity index (χ0n) is 11.2. The summed E-state index contributed by atoms with van der Waals surface area (Å²) in [5.74, 6) is 1.31. The molecule has 0 spiro atoms. The van der Waals surface area contributed by atoms with E-state index in [0.29, 0.717) is 18.1 Å². The highest BCUT2D eigenvalue weighted by molar-refractivity contribution is 7.08. The molecule has 0 unspecified atom stereocenters. The van der Waals surface area contributed by atoms with Gasteiger partial charge in [-0.1, -0.05) is 23.4 Å². The van der Waals surface area contributed by atoms with Crippen LogP contribution in [0.25, 0.3) is 11.4 Å². The molecule has 0 saturated heterocycles. The van der Waals surface area contributed by atoms with Gasteiger partial charge in [0.1, 0.15) is 0 Å². The van der Waals surface area contributed by atoms with Crippen LogP contribution >= 0.6 is 11.3 Å². The molecule has 0 aliphatic rings. The van der Waals surface area contributed by atoms with E-state index in [1.54, 1.807) is 11.3 Å². The average molecular weight is 285 g/mol. The first-order valence-corrected chi connectivity index (χ1v) is 7.37. The SMILES string of the molecule is Cc1cscc1-c1noc(CCc2ccccc2N)n1. The van der Waals surface area contributed by atoms with Crippen molar-refractivity contribution in [2.75, 3.05) is 5.73 Å². The Bertz CT molecular complexity index is 717. The molecule has 5 heteroatoms. The van der Waals surface area contributed by atoms with Gasteiger partial charge in [0.25, 0.3) is 0 Å². The van der Waals surface area contributed by atoms with Crippen LogP contribution in [0.5, 0.6) is 0 Å². The van der Waals surface area contributed by atoms with Gasteiger partial charge in [-0.2, -0.15) is 16.3 Å². The van der Waals surface area contributed by atoms with Crippen LogP contribution in [0.15, 0.2) is 39.5 Å². The van der Waals surface area contributed by atoms with Crippen LogP contribution in [-0.2, 0) is 12.8 Å². The van der Waals surface area contributed by atoms with E-state index in [0.717, 1.165) is 23.2 Å². The number of nitrogens with zero attached hydrogens (tertiary/aromatic N) is 2. The Morgan fingerprint density at radius 1 is 1.20 bits per heavy atom. The maximum absolute atomic E-state index is 5.92. The molecule has 0 aliphatic carbocycles. The number of aryl methyl sites for hydroxylation is 3. The van der Waals surface area contributed by atoms with Crippen molar-refractivity contribution in [2.24, 2.45) is 0 Å². The van der Waals surface area contributed by atoms with E-state index in [1.807, 2.05) is 36.6 Å². The van der Waals surface area contributed by atoms with E-state index < -0.39 is 0 Å². The van der Waals surface area contributed by atoms with Crippen molar-refractivity contribution < 1.29 is 4.52 Å². The fraction of sp³-hybridized carbons (Fsp3) is 0.200. The van der Waals surface area contributed by atoms with Gasteiger partial charge in [0.2, 0.25) is 11.7 Å². The molecule has 3 aromatic rings. The van der Waals surface area contributed by atoms with Crippen LogP contribution in [-0.4, -0.2) is 10.1 Å². The number of aromatic nitrogens is 2. The lowest BCUT2D eigenvalue weighted by molar-refractivity contribution is 0.379. The first kappa shape index (κ1) is 12.9. The van der Waals surface area contributed by atoms with E-state index in [-0.39, 0.29) is 0 Å². The van der Waals surface area contributed by atoms with E-state index >= 15 is 0 Å². The smallest absolute Gasteiger partial charge is 0.227 e. The summed E-state index contributed by atoms with van der Waals surface area (Å²) in [6.07, 6.45) is 1.50.